The third kappa shape index (κ3) is 2.12. The molecule has 2 aromatic rings. The minimum atomic E-state index is -0.438. The zero-order chi connectivity index (χ0) is 14.3. The lowest BCUT2D eigenvalue weighted by Gasteiger charge is -2.04. The van der Waals surface area contributed by atoms with Crippen molar-refractivity contribution in [3.8, 4) is 0 Å². The lowest BCUT2D eigenvalue weighted by atomic mass is 10.1. The minimum absolute atomic E-state index is 0.358. The van der Waals surface area contributed by atoms with Gasteiger partial charge < -0.3 is 4.42 Å². The molecule has 0 spiro atoms. The molecule has 0 unspecified atom stereocenters. The standard InChI is InChI=1S/C13H6Br2N2O3/c14-10-5-7(20-11(10)15)6-16-17-12(18)8-3-1-2-4-9(8)13(17)19/h1-6H/b16-6-. The summed E-state index contributed by atoms with van der Waals surface area (Å²) in [5, 5.41) is 4.73. The maximum Gasteiger partial charge on any atom is 0.282 e. The number of nitrogens with zero attached hydrogens (tertiary/aromatic N) is 2. The summed E-state index contributed by atoms with van der Waals surface area (Å²) in [5.74, 6) is -0.460. The minimum Gasteiger partial charge on any atom is -0.447 e. The summed E-state index contributed by atoms with van der Waals surface area (Å²) in [5.41, 5.74) is 0.716. The monoisotopic (exact) mass is 396 g/mol. The summed E-state index contributed by atoms with van der Waals surface area (Å²) in [6, 6.07) is 8.29. The van der Waals surface area contributed by atoms with E-state index in [0.717, 1.165) is 9.48 Å². The number of hydrogen-bond donors (Lipinski definition) is 0. The SMILES string of the molecule is O=C1c2ccccc2C(=O)N1/N=C\c1cc(Br)c(Br)o1. The summed E-state index contributed by atoms with van der Waals surface area (Å²) in [4.78, 5) is 24.1. The maximum atomic E-state index is 12.0. The van der Waals surface area contributed by atoms with Crippen molar-refractivity contribution in [2.45, 2.75) is 0 Å². The van der Waals surface area contributed by atoms with E-state index in [-0.39, 0.29) is 0 Å². The van der Waals surface area contributed by atoms with E-state index in [9.17, 15) is 9.59 Å². The van der Waals surface area contributed by atoms with E-state index < -0.39 is 11.8 Å². The Hall–Kier alpha value is -1.73. The first kappa shape index (κ1) is 13.3. The molecule has 1 aromatic heterocycles. The number of halogens is 2. The van der Waals surface area contributed by atoms with Crippen LogP contribution < -0.4 is 0 Å². The van der Waals surface area contributed by atoms with Gasteiger partial charge in [0.1, 0.15) is 5.76 Å². The van der Waals surface area contributed by atoms with Gasteiger partial charge in [-0.15, -0.1) is 0 Å². The van der Waals surface area contributed by atoms with Crippen molar-refractivity contribution < 1.29 is 14.0 Å². The number of fused-ring (bicyclic) bond motifs is 1. The van der Waals surface area contributed by atoms with Crippen LogP contribution in [0, 0.1) is 0 Å². The third-order valence-electron chi connectivity index (χ3n) is 2.74. The Labute approximate surface area is 130 Å². The molecule has 0 radical (unpaired) electrons. The molecule has 0 bridgehead atoms. The Morgan fingerprint density at radius 3 is 2.20 bits per heavy atom. The highest BCUT2D eigenvalue weighted by molar-refractivity contribution is 9.13. The number of imide groups is 1. The first-order valence-corrected chi connectivity index (χ1v) is 7.13. The van der Waals surface area contributed by atoms with Gasteiger partial charge in [-0.1, -0.05) is 12.1 Å². The number of hydrazone groups is 1. The summed E-state index contributed by atoms with van der Waals surface area (Å²) in [6.45, 7) is 0. The van der Waals surface area contributed by atoms with Crippen molar-refractivity contribution in [1.82, 2.24) is 5.01 Å². The largest absolute Gasteiger partial charge is 0.447 e. The normalized spacial score (nSPS) is 14.4. The quantitative estimate of drug-likeness (QED) is 0.576. The molecule has 5 nitrogen and oxygen atoms in total. The van der Waals surface area contributed by atoms with Gasteiger partial charge in [0.05, 0.1) is 21.8 Å². The number of hydrogen-bond acceptors (Lipinski definition) is 4. The van der Waals surface area contributed by atoms with Crippen LogP contribution in [-0.4, -0.2) is 23.0 Å². The molecule has 7 heteroatoms. The summed E-state index contributed by atoms with van der Waals surface area (Å²) in [7, 11) is 0. The van der Waals surface area contributed by atoms with Gasteiger partial charge in [0.15, 0.2) is 4.67 Å². The molecular weight excluding hydrogens is 392 g/mol. The fourth-order valence-corrected chi connectivity index (χ4v) is 2.43. The summed E-state index contributed by atoms with van der Waals surface area (Å²) >= 11 is 6.46. The van der Waals surface area contributed by atoms with E-state index >= 15 is 0 Å². The zero-order valence-corrected chi connectivity index (χ0v) is 13.0. The van der Waals surface area contributed by atoms with Crippen LogP contribution in [0.3, 0.4) is 0 Å². The number of benzene rings is 1. The lowest BCUT2D eigenvalue weighted by Crippen LogP contribution is -2.23. The number of furan rings is 1. The number of carbonyl (C=O) groups excluding carboxylic acids is 2. The number of carbonyl (C=O) groups is 2. The van der Waals surface area contributed by atoms with E-state index in [1.807, 2.05) is 0 Å². The van der Waals surface area contributed by atoms with Crippen LogP contribution in [0.2, 0.25) is 0 Å². The van der Waals surface area contributed by atoms with Gasteiger partial charge in [-0.05, 0) is 44.0 Å². The first-order valence-electron chi connectivity index (χ1n) is 5.54. The van der Waals surface area contributed by atoms with Crippen LogP contribution in [0.1, 0.15) is 26.5 Å². The average Bonchev–Trinajstić information content (AvgIpc) is 2.88. The van der Waals surface area contributed by atoms with Gasteiger partial charge in [-0.3, -0.25) is 9.59 Å². The highest BCUT2D eigenvalue weighted by atomic mass is 79.9. The number of amides is 2. The molecule has 100 valence electrons. The van der Waals surface area contributed by atoms with Crippen molar-refractivity contribution >= 4 is 49.9 Å². The molecule has 0 saturated heterocycles. The highest BCUT2D eigenvalue weighted by Crippen LogP contribution is 2.26. The van der Waals surface area contributed by atoms with Crippen LogP contribution in [0.25, 0.3) is 0 Å². The van der Waals surface area contributed by atoms with E-state index in [2.05, 4.69) is 37.0 Å². The fraction of sp³-hybridized carbons (Fsp3) is 0. The van der Waals surface area contributed by atoms with Gasteiger partial charge in [-0.2, -0.15) is 10.1 Å². The summed E-state index contributed by atoms with van der Waals surface area (Å²) < 4.78 is 6.53. The molecule has 1 aromatic carbocycles. The van der Waals surface area contributed by atoms with Crippen molar-refractivity contribution in [2.75, 3.05) is 0 Å². The molecule has 0 aliphatic carbocycles. The van der Waals surface area contributed by atoms with Crippen molar-refractivity contribution in [3.05, 3.63) is 56.4 Å². The van der Waals surface area contributed by atoms with Crippen LogP contribution in [0.15, 0.2) is 49.0 Å². The molecule has 2 heterocycles. The molecule has 2 amide bonds. The Morgan fingerprint density at radius 1 is 1.10 bits per heavy atom. The van der Waals surface area contributed by atoms with Crippen molar-refractivity contribution in [1.29, 1.82) is 0 Å². The molecule has 1 aliphatic heterocycles. The van der Waals surface area contributed by atoms with Gasteiger partial charge in [0.25, 0.3) is 11.8 Å². The third-order valence-corrected chi connectivity index (χ3v) is 4.45. The molecule has 1 aliphatic rings. The Balaban J connectivity index is 1.90. The Bertz CT molecular complexity index is 697. The smallest absolute Gasteiger partial charge is 0.282 e. The molecule has 0 fully saturated rings. The Morgan fingerprint density at radius 2 is 1.70 bits per heavy atom. The second-order valence-corrected chi connectivity index (χ2v) is 5.56. The van der Waals surface area contributed by atoms with Crippen LogP contribution in [0.5, 0.6) is 0 Å². The van der Waals surface area contributed by atoms with E-state index in [0.29, 0.717) is 21.6 Å². The molecule has 0 N–H and O–H groups in total. The lowest BCUT2D eigenvalue weighted by molar-refractivity contribution is 0.0660. The average molecular weight is 398 g/mol. The topological polar surface area (TPSA) is 62.9 Å². The fourth-order valence-electron chi connectivity index (χ4n) is 1.82. The predicted octanol–water partition coefficient (Wildman–Crippen LogP) is 3.43. The number of rotatable bonds is 2. The maximum absolute atomic E-state index is 12.0. The van der Waals surface area contributed by atoms with Gasteiger partial charge in [0.2, 0.25) is 0 Å². The van der Waals surface area contributed by atoms with Crippen LogP contribution in [-0.2, 0) is 0 Å². The van der Waals surface area contributed by atoms with Gasteiger partial charge >= 0.3 is 0 Å². The molecule has 0 atom stereocenters. The van der Waals surface area contributed by atoms with Crippen molar-refractivity contribution in [3.63, 3.8) is 0 Å². The van der Waals surface area contributed by atoms with Crippen molar-refractivity contribution in [2.24, 2.45) is 5.10 Å². The van der Waals surface area contributed by atoms with Crippen LogP contribution >= 0.6 is 31.9 Å². The predicted molar refractivity (Wildman–Crippen MR) is 78.6 cm³/mol. The van der Waals surface area contributed by atoms with Crippen LogP contribution in [0.4, 0.5) is 0 Å². The molecule has 20 heavy (non-hydrogen) atoms. The second kappa shape index (κ2) is 4.99. The van der Waals surface area contributed by atoms with Gasteiger partial charge in [-0.25, -0.2) is 0 Å². The first-order chi connectivity index (χ1) is 9.58. The second-order valence-electron chi connectivity index (χ2n) is 3.98. The van der Waals surface area contributed by atoms with E-state index in [4.69, 9.17) is 4.42 Å². The Kier molecular flexibility index (Phi) is 3.31. The summed E-state index contributed by atoms with van der Waals surface area (Å²) in [6.07, 6.45) is 1.32. The zero-order valence-electron chi connectivity index (χ0n) is 9.84. The van der Waals surface area contributed by atoms with E-state index in [1.165, 1.54) is 6.21 Å². The molecule has 0 saturated carbocycles. The van der Waals surface area contributed by atoms with E-state index in [1.54, 1.807) is 30.3 Å². The molecule has 3 rings (SSSR count). The molecular formula is C13H6Br2N2O3. The van der Waals surface area contributed by atoms with Gasteiger partial charge in [0, 0.05) is 6.07 Å². The highest BCUT2D eigenvalue weighted by Gasteiger charge is 2.35.